The largest absolute Gasteiger partial charge is 0.433 e. The van der Waals surface area contributed by atoms with E-state index in [0.29, 0.717) is 30.5 Å². The van der Waals surface area contributed by atoms with E-state index in [1.807, 2.05) is 0 Å². The van der Waals surface area contributed by atoms with Crippen LogP contribution >= 0.6 is 0 Å². The van der Waals surface area contributed by atoms with Crippen LogP contribution in [0, 0.1) is 5.82 Å². The Morgan fingerprint density at radius 3 is 2.21 bits per heavy atom. The van der Waals surface area contributed by atoms with Crippen LogP contribution in [-0.4, -0.2) is 21.5 Å². The topological polar surface area (TPSA) is 41.9 Å². The van der Waals surface area contributed by atoms with Crippen LogP contribution in [0.25, 0.3) is 0 Å². The Balaban J connectivity index is 1.50. The fourth-order valence-corrected chi connectivity index (χ4v) is 4.03. The van der Waals surface area contributed by atoms with Crippen molar-refractivity contribution in [3.05, 3.63) is 82.8 Å². The van der Waals surface area contributed by atoms with Gasteiger partial charge in [-0.25, -0.2) is 14.4 Å². The van der Waals surface area contributed by atoms with E-state index >= 15 is 4.39 Å². The first-order valence-electron chi connectivity index (χ1n) is 10.5. The number of anilines is 1. The molecule has 0 radical (unpaired) electrons. The van der Waals surface area contributed by atoms with Crippen molar-refractivity contribution in [2.45, 2.75) is 44.1 Å². The standard InChI is InChI=1S/C23H19F7N4/c24-20-17(9-3-14-4-10-19(31-12-14)23(28,29)30)32-13-33-21(20)34-11-1-2-18(34)15-5-7-16(8-6-15)22(25,26)27/h4-8,10,12-13,18H,1-3,9,11H2. The molecule has 3 aromatic rings. The van der Waals surface area contributed by atoms with Crippen molar-refractivity contribution in [2.75, 3.05) is 11.4 Å². The minimum Gasteiger partial charge on any atom is -0.347 e. The normalized spacial score (nSPS) is 16.8. The number of aryl methyl sites for hydroxylation is 2. The van der Waals surface area contributed by atoms with Crippen LogP contribution in [0.4, 0.5) is 36.6 Å². The monoisotopic (exact) mass is 484 g/mol. The van der Waals surface area contributed by atoms with Crippen LogP contribution in [0.2, 0.25) is 0 Å². The Kier molecular flexibility index (Phi) is 6.46. The van der Waals surface area contributed by atoms with Crippen molar-refractivity contribution in [3.63, 3.8) is 0 Å². The number of benzene rings is 1. The molecule has 1 atom stereocenters. The summed E-state index contributed by atoms with van der Waals surface area (Å²) in [5.74, 6) is -0.598. The summed E-state index contributed by atoms with van der Waals surface area (Å²) in [6, 6.07) is 6.62. The van der Waals surface area contributed by atoms with E-state index in [1.165, 1.54) is 24.5 Å². The molecule has 3 heterocycles. The molecule has 34 heavy (non-hydrogen) atoms. The number of pyridine rings is 1. The van der Waals surface area contributed by atoms with E-state index in [0.717, 1.165) is 24.4 Å². The zero-order chi connectivity index (χ0) is 24.5. The summed E-state index contributed by atoms with van der Waals surface area (Å²) in [5, 5.41) is 0. The number of alkyl halides is 6. The van der Waals surface area contributed by atoms with Gasteiger partial charge in [0.15, 0.2) is 11.6 Å². The van der Waals surface area contributed by atoms with E-state index < -0.39 is 29.4 Å². The third kappa shape index (κ3) is 5.13. The first-order chi connectivity index (χ1) is 16.0. The third-order valence-electron chi connectivity index (χ3n) is 5.76. The summed E-state index contributed by atoms with van der Waals surface area (Å²) in [7, 11) is 0. The van der Waals surface area contributed by atoms with Crippen molar-refractivity contribution in [1.82, 2.24) is 15.0 Å². The average Bonchev–Trinajstić information content (AvgIpc) is 3.27. The van der Waals surface area contributed by atoms with E-state index in [1.54, 1.807) is 4.90 Å². The third-order valence-corrected chi connectivity index (χ3v) is 5.76. The minimum atomic E-state index is -4.54. The summed E-state index contributed by atoms with van der Waals surface area (Å²) in [6.45, 7) is 0.474. The van der Waals surface area contributed by atoms with Crippen LogP contribution in [0.15, 0.2) is 48.9 Å². The van der Waals surface area contributed by atoms with Gasteiger partial charge < -0.3 is 4.90 Å². The molecular formula is C23H19F7N4. The Bertz CT molecular complexity index is 1130. The van der Waals surface area contributed by atoms with Gasteiger partial charge in [-0.3, -0.25) is 4.98 Å². The van der Waals surface area contributed by atoms with Gasteiger partial charge in [-0.05, 0) is 55.0 Å². The molecule has 2 aromatic heterocycles. The highest BCUT2D eigenvalue weighted by molar-refractivity contribution is 5.46. The highest BCUT2D eigenvalue weighted by Crippen LogP contribution is 2.38. The van der Waals surface area contributed by atoms with Gasteiger partial charge in [-0.2, -0.15) is 26.3 Å². The Morgan fingerprint density at radius 2 is 1.59 bits per heavy atom. The lowest BCUT2D eigenvalue weighted by Gasteiger charge is -2.27. The zero-order valence-electron chi connectivity index (χ0n) is 17.7. The Hall–Kier alpha value is -3.24. The molecule has 0 bridgehead atoms. The van der Waals surface area contributed by atoms with E-state index in [-0.39, 0.29) is 30.4 Å². The molecule has 4 rings (SSSR count). The second-order valence-electron chi connectivity index (χ2n) is 7.98. The molecule has 0 aliphatic carbocycles. The summed E-state index contributed by atoms with van der Waals surface area (Å²) in [4.78, 5) is 13.2. The summed E-state index contributed by atoms with van der Waals surface area (Å²) in [5.41, 5.74) is -0.538. The highest BCUT2D eigenvalue weighted by Gasteiger charge is 2.33. The van der Waals surface area contributed by atoms with Gasteiger partial charge in [-0.15, -0.1) is 0 Å². The number of halogens is 7. The number of hydrogen-bond donors (Lipinski definition) is 0. The molecule has 1 unspecified atom stereocenters. The predicted octanol–water partition coefficient (Wildman–Crippen LogP) is 6.18. The van der Waals surface area contributed by atoms with Crippen LogP contribution in [0.5, 0.6) is 0 Å². The number of rotatable bonds is 5. The Labute approximate surface area is 190 Å². The van der Waals surface area contributed by atoms with E-state index in [2.05, 4.69) is 15.0 Å². The molecular weight excluding hydrogens is 465 g/mol. The fourth-order valence-electron chi connectivity index (χ4n) is 4.03. The smallest absolute Gasteiger partial charge is 0.347 e. The first kappa shape index (κ1) is 23.9. The maximum atomic E-state index is 15.3. The lowest BCUT2D eigenvalue weighted by molar-refractivity contribution is -0.141. The van der Waals surface area contributed by atoms with Crippen LogP contribution < -0.4 is 4.90 Å². The number of aromatic nitrogens is 3. The van der Waals surface area contributed by atoms with Crippen molar-refractivity contribution in [1.29, 1.82) is 0 Å². The minimum absolute atomic E-state index is 0.0537. The molecule has 4 nitrogen and oxygen atoms in total. The zero-order valence-corrected chi connectivity index (χ0v) is 17.7. The van der Waals surface area contributed by atoms with Gasteiger partial charge in [-0.1, -0.05) is 18.2 Å². The van der Waals surface area contributed by atoms with Gasteiger partial charge in [0.05, 0.1) is 17.3 Å². The van der Waals surface area contributed by atoms with E-state index in [9.17, 15) is 26.3 Å². The quantitative estimate of drug-likeness (QED) is 0.406. The molecule has 11 heteroatoms. The SMILES string of the molecule is Fc1c(CCc2ccc(C(F)(F)F)nc2)ncnc1N1CCCC1c1ccc(C(F)(F)F)cc1. The fraction of sp³-hybridized carbons (Fsp3) is 0.348. The molecule has 0 amide bonds. The van der Waals surface area contributed by atoms with Crippen molar-refractivity contribution in [2.24, 2.45) is 0 Å². The average molecular weight is 484 g/mol. The molecule has 1 fully saturated rings. The molecule has 1 aliphatic rings. The highest BCUT2D eigenvalue weighted by atomic mass is 19.4. The van der Waals surface area contributed by atoms with Gasteiger partial charge in [0.1, 0.15) is 12.0 Å². The van der Waals surface area contributed by atoms with Gasteiger partial charge in [0.25, 0.3) is 0 Å². The second kappa shape index (κ2) is 9.19. The molecule has 1 saturated heterocycles. The lowest BCUT2D eigenvalue weighted by Crippen LogP contribution is -2.25. The molecule has 180 valence electrons. The summed E-state index contributed by atoms with van der Waals surface area (Å²) >= 11 is 0. The number of hydrogen-bond acceptors (Lipinski definition) is 4. The first-order valence-corrected chi connectivity index (χ1v) is 10.5. The molecule has 0 spiro atoms. The van der Waals surface area contributed by atoms with Crippen molar-refractivity contribution >= 4 is 5.82 Å². The lowest BCUT2D eigenvalue weighted by atomic mass is 10.0. The maximum Gasteiger partial charge on any atom is 0.433 e. The van der Waals surface area contributed by atoms with Crippen LogP contribution in [0.1, 0.15) is 47.0 Å². The van der Waals surface area contributed by atoms with Gasteiger partial charge in [0, 0.05) is 12.7 Å². The molecule has 1 aromatic carbocycles. The summed E-state index contributed by atoms with van der Waals surface area (Å²) < 4.78 is 91.9. The molecule has 0 N–H and O–H groups in total. The molecule has 1 aliphatic heterocycles. The number of nitrogens with zero attached hydrogens (tertiary/aromatic N) is 4. The molecule has 0 saturated carbocycles. The second-order valence-corrected chi connectivity index (χ2v) is 7.98. The Morgan fingerprint density at radius 1 is 0.853 bits per heavy atom. The maximum absolute atomic E-state index is 15.3. The van der Waals surface area contributed by atoms with Crippen LogP contribution in [-0.2, 0) is 25.2 Å². The predicted molar refractivity (Wildman–Crippen MR) is 109 cm³/mol. The summed E-state index contributed by atoms with van der Waals surface area (Å²) in [6.07, 6.45) is -4.99. The van der Waals surface area contributed by atoms with Crippen molar-refractivity contribution < 1.29 is 30.7 Å². The van der Waals surface area contributed by atoms with E-state index in [4.69, 9.17) is 0 Å². The van der Waals surface area contributed by atoms with Gasteiger partial charge >= 0.3 is 12.4 Å². The van der Waals surface area contributed by atoms with Crippen molar-refractivity contribution in [3.8, 4) is 0 Å². The van der Waals surface area contributed by atoms with Gasteiger partial charge in [0.2, 0.25) is 0 Å². The van der Waals surface area contributed by atoms with Crippen LogP contribution in [0.3, 0.4) is 0 Å².